The Kier molecular flexibility index (Phi) is 5.18. The molecule has 0 radical (unpaired) electrons. The first-order valence-corrected chi connectivity index (χ1v) is 9.40. The number of carbonyl (C=O) groups excluding carboxylic acids is 1. The quantitative estimate of drug-likeness (QED) is 0.892. The lowest BCUT2D eigenvalue weighted by molar-refractivity contribution is -0.142. The lowest BCUT2D eigenvalue weighted by atomic mass is 9.99. The molecule has 1 aromatic heterocycles. The molecule has 3 rings (SSSR count). The van der Waals surface area contributed by atoms with Gasteiger partial charge in [-0.3, -0.25) is 9.59 Å². The molecule has 6 heteroatoms. The molecule has 2 aromatic rings. The zero-order valence-electron chi connectivity index (χ0n) is 14.4. The summed E-state index contributed by atoms with van der Waals surface area (Å²) in [7, 11) is 0. The van der Waals surface area contributed by atoms with Crippen LogP contribution in [0.5, 0.6) is 0 Å². The molecule has 5 nitrogen and oxygen atoms in total. The van der Waals surface area contributed by atoms with Crippen LogP contribution in [0, 0.1) is 11.8 Å². The Balaban J connectivity index is 1.65. The fourth-order valence-electron chi connectivity index (χ4n) is 3.16. The molecule has 0 spiro atoms. The van der Waals surface area contributed by atoms with Gasteiger partial charge in [0.2, 0.25) is 5.91 Å². The van der Waals surface area contributed by atoms with Gasteiger partial charge in [-0.2, -0.15) is 0 Å². The Morgan fingerprint density at radius 2 is 2.00 bits per heavy atom. The first-order valence-electron chi connectivity index (χ1n) is 8.52. The number of nitrogens with zero attached hydrogens (tertiary/aromatic N) is 2. The molecule has 1 amide bonds. The number of carbonyl (C=O) groups is 2. The highest BCUT2D eigenvalue weighted by Crippen LogP contribution is 2.26. The smallest absolute Gasteiger partial charge is 0.308 e. The SMILES string of the molecule is CCc1ccc(-c2nc(CC(=O)N3C[C@@H](C)[C@H](C(=O)O)C3)cs2)cc1. The number of hydrogen-bond donors (Lipinski definition) is 1. The van der Waals surface area contributed by atoms with E-state index in [0.29, 0.717) is 13.1 Å². The average molecular weight is 358 g/mol. The van der Waals surface area contributed by atoms with E-state index >= 15 is 0 Å². The van der Waals surface area contributed by atoms with Crippen LogP contribution in [0.15, 0.2) is 29.6 Å². The largest absolute Gasteiger partial charge is 0.481 e. The maximum atomic E-state index is 12.5. The van der Waals surface area contributed by atoms with Gasteiger partial charge in [-0.1, -0.05) is 38.1 Å². The highest BCUT2D eigenvalue weighted by molar-refractivity contribution is 7.13. The standard InChI is InChI=1S/C19H22N2O3S/c1-3-13-4-6-14(7-5-13)18-20-15(11-25-18)8-17(22)21-9-12(2)16(10-21)19(23)24/h4-7,11-12,16H,3,8-10H2,1-2H3,(H,23,24)/t12-,16-/m1/s1. The molecule has 0 bridgehead atoms. The molecular weight excluding hydrogens is 336 g/mol. The van der Waals surface area contributed by atoms with E-state index < -0.39 is 11.9 Å². The minimum absolute atomic E-state index is 0.00970. The Morgan fingerprint density at radius 3 is 2.60 bits per heavy atom. The number of aliphatic carboxylic acids is 1. The van der Waals surface area contributed by atoms with E-state index in [-0.39, 0.29) is 18.2 Å². The zero-order valence-corrected chi connectivity index (χ0v) is 15.3. The van der Waals surface area contributed by atoms with E-state index in [4.69, 9.17) is 0 Å². The summed E-state index contributed by atoms with van der Waals surface area (Å²) in [5, 5.41) is 12.0. The number of aryl methyl sites for hydroxylation is 1. The minimum atomic E-state index is -0.825. The number of benzene rings is 1. The van der Waals surface area contributed by atoms with Gasteiger partial charge in [0, 0.05) is 24.0 Å². The summed E-state index contributed by atoms with van der Waals surface area (Å²) >= 11 is 1.53. The third kappa shape index (κ3) is 3.90. The van der Waals surface area contributed by atoms with Crippen LogP contribution in [0.2, 0.25) is 0 Å². The predicted molar refractivity (Wildman–Crippen MR) is 97.5 cm³/mol. The number of rotatable bonds is 5. The highest BCUT2D eigenvalue weighted by atomic mass is 32.1. The van der Waals surface area contributed by atoms with Crippen LogP contribution >= 0.6 is 11.3 Å². The van der Waals surface area contributed by atoms with Gasteiger partial charge in [0.1, 0.15) is 5.01 Å². The number of likely N-dealkylation sites (tertiary alicyclic amines) is 1. The number of thiazole rings is 1. The molecule has 2 atom stereocenters. The summed E-state index contributed by atoms with van der Waals surface area (Å²) in [5.74, 6) is -1.35. The number of carboxylic acids is 1. The average Bonchev–Trinajstić information content (AvgIpc) is 3.21. The molecule has 0 saturated carbocycles. The van der Waals surface area contributed by atoms with Crippen molar-refractivity contribution in [2.24, 2.45) is 11.8 Å². The Hall–Kier alpha value is -2.21. The van der Waals surface area contributed by atoms with E-state index in [1.807, 2.05) is 12.3 Å². The first-order chi connectivity index (χ1) is 12.0. The van der Waals surface area contributed by atoms with Crippen LogP contribution in [-0.4, -0.2) is 40.0 Å². The van der Waals surface area contributed by atoms with E-state index in [0.717, 1.165) is 22.7 Å². The van der Waals surface area contributed by atoms with Crippen LogP contribution in [0.4, 0.5) is 0 Å². The molecule has 1 aromatic carbocycles. The second-order valence-electron chi connectivity index (χ2n) is 6.59. The molecule has 1 fully saturated rings. The van der Waals surface area contributed by atoms with Crippen molar-refractivity contribution in [3.05, 3.63) is 40.9 Å². The number of amides is 1. The maximum Gasteiger partial charge on any atom is 0.308 e. The van der Waals surface area contributed by atoms with Crippen LogP contribution in [0.25, 0.3) is 10.6 Å². The van der Waals surface area contributed by atoms with E-state index in [1.54, 1.807) is 4.90 Å². The lowest BCUT2D eigenvalue weighted by Gasteiger charge is -2.14. The van der Waals surface area contributed by atoms with Crippen molar-refractivity contribution in [2.45, 2.75) is 26.7 Å². The molecule has 2 heterocycles. The van der Waals surface area contributed by atoms with Crippen LogP contribution in [0.1, 0.15) is 25.1 Å². The Morgan fingerprint density at radius 1 is 1.28 bits per heavy atom. The topological polar surface area (TPSA) is 70.5 Å². The van der Waals surface area contributed by atoms with Crippen molar-refractivity contribution < 1.29 is 14.7 Å². The van der Waals surface area contributed by atoms with Crippen molar-refractivity contribution >= 4 is 23.2 Å². The maximum absolute atomic E-state index is 12.5. The van der Waals surface area contributed by atoms with Gasteiger partial charge < -0.3 is 10.0 Å². The monoisotopic (exact) mass is 358 g/mol. The van der Waals surface area contributed by atoms with Crippen LogP contribution < -0.4 is 0 Å². The van der Waals surface area contributed by atoms with Crippen molar-refractivity contribution in [1.29, 1.82) is 0 Å². The van der Waals surface area contributed by atoms with Crippen molar-refractivity contribution in [2.75, 3.05) is 13.1 Å². The summed E-state index contributed by atoms with van der Waals surface area (Å²) in [5.41, 5.74) is 3.09. The van der Waals surface area contributed by atoms with Gasteiger partial charge in [0.25, 0.3) is 0 Å². The van der Waals surface area contributed by atoms with Gasteiger partial charge in [0.15, 0.2) is 0 Å². The molecule has 1 aliphatic heterocycles. The van der Waals surface area contributed by atoms with Gasteiger partial charge in [-0.25, -0.2) is 4.98 Å². The Bertz CT molecular complexity index is 769. The van der Waals surface area contributed by atoms with Crippen molar-refractivity contribution in [1.82, 2.24) is 9.88 Å². The Labute approximate surface area is 151 Å². The summed E-state index contributed by atoms with van der Waals surface area (Å²) in [6, 6.07) is 8.31. The number of carboxylic acid groups (broad SMARTS) is 1. The van der Waals surface area contributed by atoms with E-state index in [9.17, 15) is 14.7 Å². The summed E-state index contributed by atoms with van der Waals surface area (Å²) in [4.78, 5) is 29.9. The van der Waals surface area contributed by atoms with E-state index in [2.05, 4.69) is 36.2 Å². The van der Waals surface area contributed by atoms with Crippen LogP contribution in [0.3, 0.4) is 0 Å². The van der Waals surface area contributed by atoms with Crippen molar-refractivity contribution in [3.8, 4) is 10.6 Å². The lowest BCUT2D eigenvalue weighted by Crippen LogP contribution is -2.31. The molecular formula is C19H22N2O3S. The number of aromatic nitrogens is 1. The second kappa shape index (κ2) is 7.35. The third-order valence-corrected chi connectivity index (χ3v) is 5.72. The molecule has 132 valence electrons. The fraction of sp³-hybridized carbons (Fsp3) is 0.421. The normalized spacial score (nSPS) is 20.0. The minimum Gasteiger partial charge on any atom is -0.481 e. The summed E-state index contributed by atoms with van der Waals surface area (Å²) in [6.07, 6.45) is 1.23. The van der Waals surface area contributed by atoms with Gasteiger partial charge >= 0.3 is 5.97 Å². The third-order valence-electron chi connectivity index (χ3n) is 4.78. The highest BCUT2D eigenvalue weighted by Gasteiger charge is 2.36. The summed E-state index contributed by atoms with van der Waals surface area (Å²) in [6.45, 7) is 4.80. The molecule has 1 aliphatic rings. The predicted octanol–water partition coefficient (Wildman–Crippen LogP) is 3.09. The molecule has 1 N–H and O–H groups in total. The first kappa shape index (κ1) is 17.6. The van der Waals surface area contributed by atoms with Gasteiger partial charge in [-0.15, -0.1) is 11.3 Å². The van der Waals surface area contributed by atoms with E-state index in [1.165, 1.54) is 16.9 Å². The van der Waals surface area contributed by atoms with Gasteiger partial charge in [-0.05, 0) is 17.9 Å². The van der Waals surface area contributed by atoms with Crippen LogP contribution in [-0.2, 0) is 22.4 Å². The molecule has 0 unspecified atom stereocenters. The second-order valence-corrected chi connectivity index (χ2v) is 7.45. The molecule has 25 heavy (non-hydrogen) atoms. The molecule has 1 saturated heterocycles. The van der Waals surface area contributed by atoms with Gasteiger partial charge in [0.05, 0.1) is 18.0 Å². The van der Waals surface area contributed by atoms with Crippen molar-refractivity contribution in [3.63, 3.8) is 0 Å². The number of hydrogen-bond acceptors (Lipinski definition) is 4. The molecule has 0 aliphatic carbocycles. The fourth-order valence-corrected chi connectivity index (χ4v) is 3.99. The zero-order chi connectivity index (χ0) is 18.0. The summed E-state index contributed by atoms with van der Waals surface area (Å²) < 4.78 is 0.